The topological polar surface area (TPSA) is 97.1 Å². The summed E-state index contributed by atoms with van der Waals surface area (Å²) >= 11 is 0. The van der Waals surface area contributed by atoms with Gasteiger partial charge in [0.05, 0.1) is 19.3 Å². The molecule has 0 aliphatic heterocycles. The number of esters is 1. The molecule has 2 aromatic carbocycles. The summed E-state index contributed by atoms with van der Waals surface area (Å²) in [5, 5.41) is 0. The summed E-state index contributed by atoms with van der Waals surface area (Å²) in [6, 6.07) is 11.8. The van der Waals surface area contributed by atoms with Gasteiger partial charge in [-0.2, -0.15) is 0 Å². The number of ether oxygens (including phenoxy) is 4. The lowest BCUT2D eigenvalue weighted by Crippen LogP contribution is -2.20. The molecule has 2 aromatic rings. The van der Waals surface area contributed by atoms with E-state index in [4.69, 9.17) is 24.7 Å². The molecule has 0 atom stereocenters. The van der Waals surface area contributed by atoms with Gasteiger partial charge in [0, 0.05) is 0 Å². The molecular weight excluding hydrogens is 374 g/mol. The van der Waals surface area contributed by atoms with Gasteiger partial charge in [-0.05, 0) is 48.2 Å². The average molecular weight is 401 g/mol. The van der Waals surface area contributed by atoms with E-state index >= 15 is 0 Å². The molecule has 0 fully saturated rings. The van der Waals surface area contributed by atoms with E-state index in [9.17, 15) is 9.59 Å². The Bertz CT molecular complexity index is 834. The van der Waals surface area contributed by atoms with Crippen LogP contribution in [0.2, 0.25) is 0 Å². The van der Waals surface area contributed by atoms with Crippen LogP contribution in [0.4, 0.5) is 0 Å². The summed E-state index contributed by atoms with van der Waals surface area (Å²) in [6.07, 6.45) is 0.926. The van der Waals surface area contributed by atoms with Gasteiger partial charge in [-0.25, -0.2) is 4.79 Å². The fraction of sp³-hybridized carbons (Fsp3) is 0.364. The number of rotatable bonds is 11. The second-order valence-electron chi connectivity index (χ2n) is 6.88. The largest absolute Gasteiger partial charge is 0.493 e. The maximum absolute atomic E-state index is 12.4. The van der Waals surface area contributed by atoms with Gasteiger partial charge in [0.15, 0.2) is 18.1 Å². The Morgan fingerprint density at radius 2 is 1.83 bits per heavy atom. The molecule has 156 valence electrons. The van der Waals surface area contributed by atoms with Gasteiger partial charge < -0.3 is 24.7 Å². The number of carbonyl (C=O) groups excluding carboxylic acids is 2. The lowest BCUT2D eigenvalue weighted by Gasteiger charge is -2.13. The fourth-order valence-corrected chi connectivity index (χ4v) is 2.43. The summed E-state index contributed by atoms with van der Waals surface area (Å²) < 4.78 is 21.7. The van der Waals surface area contributed by atoms with E-state index in [2.05, 4.69) is 13.8 Å². The first-order chi connectivity index (χ1) is 13.9. The van der Waals surface area contributed by atoms with Crippen LogP contribution in [-0.2, 0) is 16.1 Å². The summed E-state index contributed by atoms with van der Waals surface area (Å²) in [7, 11) is 1.53. The highest BCUT2D eigenvalue weighted by molar-refractivity contribution is 5.90. The molecule has 0 saturated heterocycles. The highest BCUT2D eigenvalue weighted by Gasteiger charge is 2.13. The standard InChI is InChI=1S/C22H27NO6/c1-15(2)9-10-27-19-8-7-17(12-20(19)26-3)22(25)29-13-16-5-4-6-18(11-16)28-14-21(23)24/h4-8,11-12,15H,9-10,13-14H2,1-3H3,(H2,23,24). The first kappa shape index (κ1) is 22.1. The second kappa shape index (κ2) is 10.9. The minimum Gasteiger partial charge on any atom is -0.493 e. The van der Waals surface area contributed by atoms with Gasteiger partial charge >= 0.3 is 5.97 Å². The van der Waals surface area contributed by atoms with Crippen molar-refractivity contribution in [3.05, 3.63) is 53.6 Å². The molecule has 1 amide bonds. The van der Waals surface area contributed by atoms with Gasteiger partial charge in [0.1, 0.15) is 12.4 Å². The van der Waals surface area contributed by atoms with Crippen molar-refractivity contribution in [1.82, 2.24) is 0 Å². The highest BCUT2D eigenvalue weighted by Crippen LogP contribution is 2.29. The van der Waals surface area contributed by atoms with Crippen molar-refractivity contribution in [3.63, 3.8) is 0 Å². The van der Waals surface area contributed by atoms with E-state index in [0.717, 1.165) is 12.0 Å². The molecule has 0 unspecified atom stereocenters. The smallest absolute Gasteiger partial charge is 0.338 e. The number of primary amides is 1. The molecule has 0 spiro atoms. The number of methoxy groups -OCH3 is 1. The van der Waals surface area contributed by atoms with Crippen molar-refractivity contribution in [1.29, 1.82) is 0 Å². The second-order valence-corrected chi connectivity index (χ2v) is 6.88. The summed E-state index contributed by atoms with van der Waals surface area (Å²) in [5.41, 5.74) is 6.15. The molecule has 0 saturated carbocycles. The van der Waals surface area contributed by atoms with E-state index in [1.54, 1.807) is 42.5 Å². The number of hydrogen-bond acceptors (Lipinski definition) is 6. The van der Waals surface area contributed by atoms with Crippen molar-refractivity contribution in [2.24, 2.45) is 11.7 Å². The van der Waals surface area contributed by atoms with Crippen LogP contribution >= 0.6 is 0 Å². The van der Waals surface area contributed by atoms with Crippen LogP contribution in [0.25, 0.3) is 0 Å². The summed E-state index contributed by atoms with van der Waals surface area (Å²) in [4.78, 5) is 23.2. The minimum atomic E-state index is -0.563. The first-order valence-electron chi connectivity index (χ1n) is 9.37. The van der Waals surface area contributed by atoms with E-state index in [0.29, 0.717) is 35.3 Å². The number of amides is 1. The van der Waals surface area contributed by atoms with Crippen molar-refractivity contribution in [3.8, 4) is 17.2 Å². The van der Waals surface area contributed by atoms with Crippen molar-refractivity contribution in [2.45, 2.75) is 26.9 Å². The molecule has 7 nitrogen and oxygen atoms in total. The minimum absolute atomic E-state index is 0.0571. The SMILES string of the molecule is COc1cc(C(=O)OCc2cccc(OCC(N)=O)c2)ccc1OCCC(C)C. The van der Waals surface area contributed by atoms with Gasteiger partial charge in [0.2, 0.25) is 0 Å². The third-order valence-corrected chi connectivity index (χ3v) is 4.00. The average Bonchev–Trinajstić information content (AvgIpc) is 2.70. The highest BCUT2D eigenvalue weighted by atomic mass is 16.5. The van der Waals surface area contributed by atoms with Crippen molar-refractivity contribution < 1.29 is 28.5 Å². The molecule has 2 rings (SSSR count). The van der Waals surface area contributed by atoms with E-state index in [1.807, 2.05) is 0 Å². The molecule has 0 aliphatic rings. The zero-order valence-electron chi connectivity index (χ0n) is 17.0. The molecule has 29 heavy (non-hydrogen) atoms. The summed E-state index contributed by atoms with van der Waals surface area (Å²) in [6.45, 7) is 4.67. The Hall–Kier alpha value is -3.22. The predicted molar refractivity (Wildman–Crippen MR) is 108 cm³/mol. The Morgan fingerprint density at radius 3 is 2.52 bits per heavy atom. The van der Waals surface area contributed by atoms with E-state index in [1.165, 1.54) is 7.11 Å². The Morgan fingerprint density at radius 1 is 1.03 bits per heavy atom. The molecule has 0 radical (unpaired) electrons. The number of nitrogens with two attached hydrogens (primary N) is 1. The maximum Gasteiger partial charge on any atom is 0.338 e. The van der Waals surface area contributed by atoms with Crippen LogP contribution in [0.5, 0.6) is 17.2 Å². The lowest BCUT2D eigenvalue weighted by molar-refractivity contribution is -0.119. The normalized spacial score (nSPS) is 10.5. The van der Waals surface area contributed by atoms with Crippen LogP contribution in [0.1, 0.15) is 36.2 Å². The third-order valence-electron chi connectivity index (χ3n) is 4.00. The zero-order valence-corrected chi connectivity index (χ0v) is 17.0. The summed E-state index contributed by atoms with van der Waals surface area (Å²) in [5.74, 6) is 1.03. The molecule has 2 N–H and O–H groups in total. The Labute approximate surface area is 170 Å². The lowest BCUT2D eigenvalue weighted by atomic mass is 10.1. The Balaban J connectivity index is 1.96. The molecule has 7 heteroatoms. The predicted octanol–water partition coefficient (Wildman–Crippen LogP) is 3.34. The van der Waals surface area contributed by atoms with Gasteiger partial charge in [0.25, 0.3) is 5.91 Å². The maximum atomic E-state index is 12.4. The fourth-order valence-electron chi connectivity index (χ4n) is 2.43. The van der Waals surface area contributed by atoms with Crippen LogP contribution in [0.3, 0.4) is 0 Å². The van der Waals surface area contributed by atoms with E-state index < -0.39 is 11.9 Å². The molecular formula is C22H27NO6. The first-order valence-corrected chi connectivity index (χ1v) is 9.37. The zero-order chi connectivity index (χ0) is 21.2. The van der Waals surface area contributed by atoms with Crippen LogP contribution in [-0.4, -0.2) is 32.2 Å². The third kappa shape index (κ3) is 7.37. The molecule has 0 aromatic heterocycles. The Kier molecular flexibility index (Phi) is 8.33. The van der Waals surface area contributed by atoms with Gasteiger partial charge in [-0.3, -0.25) is 4.79 Å². The molecule has 0 aliphatic carbocycles. The number of hydrogen-bond donors (Lipinski definition) is 1. The van der Waals surface area contributed by atoms with E-state index in [-0.39, 0.29) is 13.2 Å². The molecule has 0 bridgehead atoms. The molecule has 0 heterocycles. The number of benzene rings is 2. The number of carbonyl (C=O) groups is 2. The van der Waals surface area contributed by atoms with Crippen molar-refractivity contribution in [2.75, 3.05) is 20.3 Å². The van der Waals surface area contributed by atoms with Crippen LogP contribution in [0.15, 0.2) is 42.5 Å². The van der Waals surface area contributed by atoms with Crippen LogP contribution < -0.4 is 19.9 Å². The van der Waals surface area contributed by atoms with Crippen molar-refractivity contribution >= 4 is 11.9 Å². The quantitative estimate of drug-likeness (QED) is 0.580. The van der Waals surface area contributed by atoms with Gasteiger partial charge in [-0.15, -0.1) is 0 Å². The monoisotopic (exact) mass is 401 g/mol. The van der Waals surface area contributed by atoms with Gasteiger partial charge in [-0.1, -0.05) is 26.0 Å². The van der Waals surface area contributed by atoms with Crippen LogP contribution in [0, 0.1) is 5.92 Å².